The molecule has 1 unspecified atom stereocenters. The van der Waals surface area contributed by atoms with Crippen molar-refractivity contribution in [2.45, 2.75) is 412 Å². The average molecular weight is 1140 g/mol. The van der Waals surface area contributed by atoms with E-state index in [0.717, 1.165) is 70.6 Å². The van der Waals surface area contributed by atoms with E-state index in [4.69, 9.17) is 14.2 Å². The van der Waals surface area contributed by atoms with Crippen LogP contribution in [-0.4, -0.2) is 37.2 Å². The number of carbonyl (C=O) groups is 3. The standard InChI is InChI=1S/C75H140O6/c1-4-7-10-13-16-19-22-25-28-30-32-34-36-37-38-39-40-42-43-45-47-50-53-56-59-62-65-68-74(77)80-71-72(70-79-73(76)67-64-61-58-55-52-49-27-24-21-18-15-12-9-6-3)81-75(78)69-66-63-60-57-54-51-48-46-44-41-35-33-31-29-26-23-20-17-14-11-8-5-2/h22,25,30,32,36-37,72H,4-21,23-24,26-29,31,33-35,38-71H2,1-3H3/b25-22-,32-30-,37-36-. The first-order chi connectivity index (χ1) is 40.0. The van der Waals surface area contributed by atoms with Gasteiger partial charge in [0.15, 0.2) is 6.10 Å². The minimum atomic E-state index is -0.770. The zero-order chi connectivity index (χ0) is 58.5. The van der Waals surface area contributed by atoms with E-state index in [2.05, 4.69) is 57.2 Å². The van der Waals surface area contributed by atoms with Gasteiger partial charge in [-0.1, -0.05) is 365 Å². The van der Waals surface area contributed by atoms with Crippen LogP contribution in [0.2, 0.25) is 0 Å². The van der Waals surface area contributed by atoms with Crippen molar-refractivity contribution in [3.05, 3.63) is 36.5 Å². The Hall–Kier alpha value is -2.37. The molecule has 0 rings (SSSR count). The summed E-state index contributed by atoms with van der Waals surface area (Å²) in [5.74, 6) is -0.834. The Morgan fingerprint density at radius 2 is 0.444 bits per heavy atom. The Labute approximate surface area is 506 Å². The van der Waals surface area contributed by atoms with Crippen LogP contribution in [0.15, 0.2) is 36.5 Å². The normalized spacial score (nSPS) is 12.2. The zero-order valence-electron chi connectivity index (χ0n) is 54.8. The molecule has 0 amide bonds. The molecule has 0 heterocycles. The van der Waals surface area contributed by atoms with E-state index in [-0.39, 0.29) is 31.1 Å². The summed E-state index contributed by atoms with van der Waals surface area (Å²) in [6.45, 7) is 6.71. The summed E-state index contributed by atoms with van der Waals surface area (Å²) in [7, 11) is 0. The number of rotatable bonds is 68. The molecule has 0 aliphatic heterocycles. The molecule has 6 nitrogen and oxygen atoms in total. The van der Waals surface area contributed by atoms with Crippen LogP contribution < -0.4 is 0 Å². The van der Waals surface area contributed by atoms with Gasteiger partial charge in [0, 0.05) is 19.3 Å². The predicted octanol–water partition coefficient (Wildman–Crippen LogP) is 25.1. The van der Waals surface area contributed by atoms with Gasteiger partial charge in [0.25, 0.3) is 0 Å². The first-order valence-electron chi connectivity index (χ1n) is 36.5. The summed E-state index contributed by atoms with van der Waals surface area (Å²) in [5, 5.41) is 0. The van der Waals surface area contributed by atoms with Crippen molar-refractivity contribution in [1.82, 2.24) is 0 Å². The summed E-state index contributed by atoms with van der Waals surface area (Å²) in [6, 6.07) is 0. The zero-order valence-corrected chi connectivity index (χ0v) is 54.8. The first kappa shape index (κ1) is 78.6. The van der Waals surface area contributed by atoms with Gasteiger partial charge in [0.1, 0.15) is 13.2 Å². The molecule has 476 valence electrons. The summed E-state index contributed by atoms with van der Waals surface area (Å²) < 4.78 is 17.0. The molecule has 0 saturated carbocycles. The Morgan fingerprint density at radius 3 is 0.691 bits per heavy atom. The third-order valence-electron chi connectivity index (χ3n) is 16.6. The fourth-order valence-electron chi connectivity index (χ4n) is 11.2. The molecule has 81 heavy (non-hydrogen) atoms. The number of hydrogen-bond donors (Lipinski definition) is 0. The quantitative estimate of drug-likeness (QED) is 0.0261. The lowest BCUT2D eigenvalue weighted by Crippen LogP contribution is -2.30. The van der Waals surface area contributed by atoms with Gasteiger partial charge < -0.3 is 14.2 Å². The van der Waals surface area contributed by atoms with Crippen molar-refractivity contribution in [1.29, 1.82) is 0 Å². The third-order valence-corrected chi connectivity index (χ3v) is 16.6. The SMILES string of the molecule is CCCCCCC/C=C\C/C=C\C/C=C\CCCCCCCCCCCCCCC(=O)OCC(COC(=O)CCCCCCCCCCCCCCCC)OC(=O)CCCCCCCCCCCCCCCCCCCCCCCC. The molecule has 6 heteroatoms. The number of ether oxygens (including phenoxy) is 3. The molecule has 0 aliphatic carbocycles. The molecule has 0 aromatic heterocycles. The van der Waals surface area contributed by atoms with Gasteiger partial charge in [0.2, 0.25) is 0 Å². The average Bonchev–Trinajstić information content (AvgIpc) is 3.47. The molecule has 0 aliphatic rings. The van der Waals surface area contributed by atoms with Gasteiger partial charge in [-0.05, 0) is 57.8 Å². The van der Waals surface area contributed by atoms with Crippen molar-refractivity contribution >= 4 is 17.9 Å². The molecule has 0 fully saturated rings. The highest BCUT2D eigenvalue weighted by molar-refractivity contribution is 5.71. The minimum Gasteiger partial charge on any atom is -0.462 e. The summed E-state index contributed by atoms with van der Waals surface area (Å²) in [6.07, 6.45) is 87.5. The van der Waals surface area contributed by atoms with E-state index >= 15 is 0 Å². The fraction of sp³-hybridized carbons (Fsp3) is 0.880. The fourth-order valence-corrected chi connectivity index (χ4v) is 11.2. The van der Waals surface area contributed by atoms with E-state index in [1.54, 1.807) is 0 Å². The number of allylic oxidation sites excluding steroid dienone is 6. The monoisotopic (exact) mass is 1140 g/mol. The third kappa shape index (κ3) is 68.3. The van der Waals surface area contributed by atoms with E-state index in [1.165, 1.54) is 295 Å². The van der Waals surface area contributed by atoms with Crippen molar-refractivity contribution in [2.75, 3.05) is 13.2 Å². The lowest BCUT2D eigenvalue weighted by atomic mass is 10.0. The topological polar surface area (TPSA) is 78.9 Å². The molecule has 0 aromatic carbocycles. The minimum absolute atomic E-state index is 0.0658. The van der Waals surface area contributed by atoms with E-state index in [0.29, 0.717) is 19.3 Å². The van der Waals surface area contributed by atoms with Gasteiger partial charge >= 0.3 is 17.9 Å². The Morgan fingerprint density at radius 1 is 0.247 bits per heavy atom. The first-order valence-corrected chi connectivity index (χ1v) is 36.5. The summed E-state index contributed by atoms with van der Waals surface area (Å²) >= 11 is 0. The second kappa shape index (κ2) is 70.1. The van der Waals surface area contributed by atoms with Crippen LogP contribution in [-0.2, 0) is 28.6 Å². The Balaban J connectivity index is 4.24. The molecule has 0 bridgehead atoms. The highest BCUT2D eigenvalue weighted by atomic mass is 16.6. The molecule has 0 saturated heterocycles. The molecular formula is C75H140O6. The maximum atomic E-state index is 13.0. The lowest BCUT2D eigenvalue weighted by molar-refractivity contribution is -0.167. The van der Waals surface area contributed by atoms with Gasteiger partial charge in [-0.3, -0.25) is 14.4 Å². The van der Waals surface area contributed by atoms with E-state index in [9.17, 15) is 14.4 Å². The van der Waals surface area contributed by atoms with Crippen LogP contribution in [0.5, 0.6) is 0 Å². The van der Waals surface area contributed by atoms with Crippen LogP contribution >= 0.6 is 0 Å². The highest BCUT2D eigenvalue weighted by Gasteiger charge is 2.19. The number of unbranched alkanes of at least 4 members (excludes halogenated alkanes) is 51. The number of carbonyl (C=O) groups excluding carboxylic acids is 3. The molecule has 1 atom stereocenters. The highest BCUT2D eigenvalue weighted by Crippen LogP contribution is 2.19. The van der Waals surface area contributed by atoms with Gasteiger partial charge in [-0.15, -0.1) is 0 Å². The molecular weight excluding hydrogens is 997 g/mol. The second-order valence-corrected chi connectivity index (χ2v) is 24.9. The number of esters is 3. The van der Waals surface area contributed by atoms with Crippen LogP contribution in [0.1, 0.15) is 406 Å². The number of hydrogen-bond acceptors (Lipinski definition) is 6. The summed E-state index contributed by atoms with van der Waals surface area (Å²) in [4.78, 5) is 38.5. The van der Waals surface area contributed by atoms with Gasteiger partial charge in [0.05, 0.1) is 0 Å². The largest absolute Gasteiger partial charge is 0.462 e. The van der Waals surface area contributed by atoms with Crippen molar-refractivity contribution in [2.24, 2.45) is 0 Å². The Bertz CT molecular complexity index is 1350. The summed E-state index contributed by atoms with van der Waals surface area (Å²) in [5.41, 5.74) is 0. The maximum absolute atomic E-state index is 13.0. The second-order valence-electron chi connectivity index (χ2n) is 24.9. The van der Waals surface area contributed by atoms with Crippen LogP contribution in [0.3, 0.4) is 0 Å². The van der Waals surface area contributed by atoms with Crippen molar-refractivity contribution < 1.29 is 28.6 Å². The van der Waals surface area contributed by atoms with Gasteiger partial charge in [-0.25, -0.2) is 0 Å². The predicted molar refractivity (Wildman–Crippen MR) is 353 cm³/mol. The lowest BCUT2D eigenvalue weighted by Gasteiger charge is -2.18. The van der Waals surface area contributed by atoms with E-state index in [1.807, 2.05) is 0 Å². The van der Waals surface area contributed by atoms with Crippen LogP contribution in [0.25, 0.3) is 0 Å². The molecule has 0 radical (unpaired) electrons. The van der Waals surface area contributed by atoms with Crippen molar-refractivity contribution in [3.63, 3.8) is 0 Å². The maximum Gasteiger partial charge on any atom is 0.306 e. The van der Waals surface area contributed by atoms with Gasteiger partial charge in [-0.2, -0.15) is 0 Å². The van der Waals surface area contributed by atoms with Crippen molar-refractivity contribution in [3.8, 4) is 0 Å². The Kier molecular flexibility index (Phi) is 68.1. The van der Waals surface area contributed by atoms with Crippen LogP contribution in [0, 0.1) is 0 Å². The smallest absolute Gasteiger partial charge is 0.306 e. The molecule has 0 N–H and O–H groups in total. The molecule has 0 aromatic rings. The molecule has 0 spiro atoms. The van der Waals surface area contributed by atoms with Crippen LogP contribution in [0.4, 0.5) is 0 Å². The van der Waals surface area contributed by atoms with E-state index < -0.39 is 6.10 Å².